The zero-order valence-electron chi connectivity index (χ0n) is 7.54. The number of rotatable bonds is 2. The van der Waals surface area contributed by atoms with Crippen molar-refractivity contribution in [3.63, 3.8) is 0 Å². The standard InChI is InChI=1S/C9H15N3/c1-3-6(2)7-4-5-8(10)12-9(7)11/h4-6H,3H2,1-2H3,(H4,10,11,12). The first-order valence-electron chi connectivity index (χ1n) is 4.17. The zero-order chi connectivity index (χ0) is 9.14. The largest absolute Gasteiger partial charge is 0.384 e. The zero-order valence-corrected chi connectivity index (χ0v) is 7.54. The Labute approximate surface area is 72.8 Å². The lowest BCUT2D eigenvalue weighted by atomic mass is 9.99. The lowest BCUT2D eigenvalue weighted by Gasteiger charge is -2.10. The average molecular weight is 165 g/mol. The fourth-order valence-electron chi connectivity index (χ4n) is 1.14. The summed E-state index contributed by atoms with van der Waals surface area (Å²) in [6, 6.07) is 3.74. The second-order valence-corrected chi connectivity index (χ2v) is 3.02. The summed E-state index contributed by atoms with van der Waals surface area (Å²) < 4.78 is 0. The molecule has 1 aromatic heterocycles. The van der Waals surface area contributed by atoms with Crippen molar-refractivity contribution in [2.45, 2.75) is 26.2 Å². The fraction of sp³-hybridized carbons (Fsp3) is 0.444. The third-order valence-electron chi connectivity index (χ3n) is 2.12. The molecule has 0 bridgehead atoms. The topological polar surface area (TPSA) is 64.9 Å². The van der Waals surface area contributed by atoms with Gasteiger partial charge in [0.2, 0.25) is 0 Å². The highest BCUT2D eigenvalue weighted by atomic mass is 14.9. The van der Waals surface area contributed by atoms with Crippen molar-refractivity contribution in [2.24, 2.45) is 0 Å². The van der Waals surface area contributed by atoms with Gasteiger partial charge in [0.25, 0.3) is 0 Å². The molecule has 0 saturated heterocycles. The van der Waals surface area contributed by atoms with Crippen LogP contribution in [-0.2, 0) is 0 Å². The smallest absolute Gasteiger partial charge is 0.129 e. The van der Waals surface area contributed by atoms with Crippen LogP contribution in [0.1, 0.15) is 31.7 Å². The summed E-state index contributed by atoms with van der Waals surface area (Å²) in [7, 11) is 0. The molecule has 0 aliphatic rings. The molecule has 1 rings (SSSR count). The minimum Gasteiger partial charge on any atom is -0.384 e. The summed E-state index contributed by atoms with van der Waals surface area (Å²) in [6.45, 7) is 4.25. The Morgan fingerprint density at radius 3 is 2.58 bits per heavy atom. The molecule has 0 aliphatic heterocycles. The SMILES string of the molecule is CCC(C)c1ccc(N)nc1N. The molecule has 3 nitrogen and oxygen atoms in total. The van der Waals surface area contributed by atoms with E-state index in [1.54, 1.807) is 6.07 Å². The molecule has 0 amide bonds. The molecule has 0 aliphatic carbocycles. The van der Waals surface area contributed by atoms with Crippen LogP contribution in [0.3, 0.4) is 0 Å². The molecule has 0 aromatic carbocycles. The Hall–Kier alpha value is -1.25. The van der Waals surface area contributed by atoms with E-state index in [9.17, 15) is 0 Å². The molecule has 0 radical (unpaired) electrons. The number of aromatic nitrogens is 1. The molecular weight excluding hydrogens is 150 g/mol. The Balaban J connectivity index is 3.01. The van der Waals surface area contributed by atoms with Crippen molar-refractivity contribution in [3.8, 4) is 0 Å². The molecule has 4 N–H and O–H groups in total. The van der Waals surface area contributed by atoms with Crippen LogP contribution >= 0.6 is 0 Å². The maximum absolute atomic E-state index is 5.71. The minimum absolute atomic E-state index is 0.457. The van der Waals surface area contributed by atoms with Gasteiger partial charge in [-0.2, -0.15) is 0 Å². The fourth-order valence-corrected chi connectivity index (χ4v) is 1.14. The predicted octanol–water partition coefficient (Wildman–Crippen LogP) is 1.76. The van der Waals surface area contributed by atoms with Crippen molar-refractivity contribution in [1.29, 1.82) is 0 Å². The van der Waals surface area contributed by atoms with Crippen molar-refractivity contribution in [3.05, 3.63) is 17.7 Å². The second kappa shape index (κ2) is 3.43. The van der Waals surface area contributed by atoms with Gasteiger partial charge in [0.05, 0.1) is 0 Å². The van der Waals surface area contributed by atoms with Crippen molar-refractivity contribution in [2.75, 3.05) is 11.5 Å². The van der Waals surface area contributed by atoms with E-state index in [-0.39, 0.29) is 0 Å². The highest BCUT2D eigenvalue weighted by Crippen LogP contribution is 2.23. The summed E-state index contributed by atoms with van der Waals surface area (Å²) >= 11 is 0. The maximum atomic E-state index is 5.71. The van der Waals surface area contributed by atoms with Gasteiger partial charge in [-0.25, -0.2) is 4.98 Å². The Kier molecular flexibility index (Phi) is 2.53. The first-order valence-corrected chi connectivity index (χ1v) is 4.17. The van der Waals surface area contributed by atoms with Gasteiger partial charge in [-0.3, -0.25) is 0 Å². The molecular formula is C9H15N3. The van der Waals surface area contributed by atoms with Gasteiger partial charge in [0.1, 0.15) is 11.6 Å². The third kappa shape index (κ3) is 1.67. The van der Waals surface area contributed by atoms with Crippen molar-refractivity contribution < 1.29 is 0 Å². The van der Waals surface area contributed by atoms with E-state index in [0.29, 0.717) is 17.6 Å². The molecule has 0 fully saturated rings. The highest BCUT2D eigenvalue weighted by Gasteiger charge is 2.07. The minimum atomic E-state index is 0.457. The Morgan fingerprint density at radius 1 is 1.42 bits per heavy atom. The molecule has 3 heteroatoms. The Bertz CT molecular complexity index is 270. The van der Waals surface area contributed by atoms with Crippen LogP contribution in [0.15, 0.2) is 12.1 Å². The van der Waals surface area contributed by atoms with E-state index in [4.69, 9.17) is 11.5 Å². The molecule has 1 aromatic rings. The summed E-state index contributed by atoms with van der Waals surface area (Å²) in [6.07, 6.45) is 1.07. The third-order valence-corrected chi connectivity index (χ3v) is 2.12. The molecule has 0 saturated carbocycles. The van der Waals surface area contributed by atoms with Crippen LogP contribution in [0.5, 0.6) is 0 Å². The predicted molar refractivity (Wildman–Crippen MR) is 51.8 cm³/mol. The summed E-state index contributed by atoms with van der Waals surface area (Å²) in [5.41, 5.74) is 12.3. The summed E-state index contributed by atoms with van der Waals surface area (Å²) in [4.78, 5) is 4.00. The van der Waals surface area contributed by atoms with Crippen LogP contribution in [0, 0.1) is 0 Å². The van der Waals surface area contributed by atoms with Gasteiger partial charge >= 0.3 is 0 Å². The lowest BCUT2D eigenvalue weighted by molar-refractivity contribution is 0.733. The van der Waals surface area contributed by atoms with Gasteiger partial charge in [0.15, 0.2) is 0 Å². The first-order chi connectivity index (χ1) is 5.65. The van der Waals surface area contributed by atoms with Crippen LogP contribution in [0.2, 0.25) is 0 Å². The number of nitrogens with two attached hydrogens (primary N) is 2. The Morgan fingerprint density at radius 2 is 2.08 bits per heavy atom. The van der Waals surface area contributed by atoms with Crippen LogP contribution in [0.25, 0.3) is 0 Å². The van der Waals surface area contributed by atoms with Gasteiger partial charge in [-0.05, 0) is 24.0 Å². The number of anilines is 2. The molecule has 12 heavy (non-hydrogen) atoms. The van der Waals surface area contributed by atoms with Crippen LogP contribution in [0.4, 0.5) is 11.6 Å². The molecule has 0 spiro atoms. The second-order valence-electron chi connectivity index (χ2n) is 3.02. The summed E-state index contributed by atoms with van der Waals surface area (Å²) in [5.74, 6) is 1.50. The van der Waals surface area contributed by atoms with Crippen molar-refractivity contribution >= 4 is 11.6 Å². The highest BCUT2D eigenvalue weighted by molar-refractivity contribution is 5.47. The lowest BCUT2D eigenvalue weighted by Crippen LogP contribution is -2.03. The monoisotopic (exact) mass is 165 g/mol. The van der Waals surface area contributed by atoms with E-state index in [0.717, 1.165) is 12.0 Å². The van der Waals surface area contributed by atoms with Crippen molar-refractivity contribution in [1.82, 2.24) is 4.98 Å². The number of hydrogen-bond donors (Lipinski definition) is 2. The van der Waals surface area contributed by atoms with Crippen LogP contribution in [-0.4, -0.2) is 4.98 Å². The quantitative estimate of drug-likeness (QED) is 0.701. The molecule has 66 valence electrons. The van der Waals surface area contributed by atoms with E-state index >= 15 is 0 Å². The molecule has 1 unspecified atom stereocenters. The first kappa shape index (κ1) is 8.84. The van der Waals surface area contributed by atoms with Crippen LogP contribution < -0.4 is 11.5 Å². The van der Waals surface area contributed by atoms with E-state index in [2.05, 4.69) is 18.8 Å². The summed E-state index contributed by atoms with van der Waals surface area (Å²) in [5, 5.41) is 0. The number of nitrogen functional groups attached to an aromatic ring is 2. The normalized spacial score (nSPS) is 12.8. The molecule has 1 heterocycles. The number of hydrogen-bond acceptors (Lipinski definition) is 3. The number of nitrogens with zero attached hydrogens (tertiary/aromatic N) is 1. The van der Waals surface area contributed by atoms with Gasteiger partial charge < -0.3 is 11.5 Å². The van der Waals surface area contributed by atoms with Gasteiger partial charge in [-0.1, -0.05) is 19.9 Å². The number of pyridine rings is 1. The van der Waals surface area contributed by atoms with Gasteiger partial charge in [-0.15, -0.1) is 0 Å². The van der Waals surface area contributed by atoms with E-state index in [1.165, 1.54) is 0 Å². The molecule has 1 atom stereocenters. The maximum Gasteiger partial charge on any atom is 0.129 e. The van der Waals surface area contributed by atoms with Gasteiger partial charge in [0, 0.05) is 0 Å². The average Bonchev–Trinajstić information content (AvgIpc) is 2.03. The van der Waals surface area contributed by atoms with E-state index < -0.39 is 0 Å². The van der Waals surface area contributed by atoms with E-state index in [1.807, 2.05) is 6.07 Å².